The van der Waals surface area contributed by atoms with Crippen LogP contribution in [-0.2, 0) is 10.3 Å². The number of hydrogen-bond acceptors (Lipinski definition) is 5. The third kappa shape index (κ3) is 3.36. The minimum Gasteiger partial charge on any atom is -0.466 e. The van der Waals surface area contributed by atoms with Gasteiger partial charge in [0.1, 0.15) is 23.3 Å². The lowest BCUT2D eigenvalue weighted by Crippen LogP contribution is -2.53. The van der Waals surface area contributed by atoms with Gasteiger partial charge in [0.15, 0.2) is 0 Å². The maximum atomic E-state index is 12.4. The number of benzene rings is 1. The maximum Gasteiger partial charge on any atom is 0.259 e. The highest BCUT2D eigenvalue weighted by atomic mass is 16.5. The molecule has 2 aromatic rings. The molecule has 1 saturated heterocycles. The minimum absolute atomic E-state index is 0.189. The maximum absolute atomic E-state index is 12.4. The van der Waals surface area contributed by atoms with Crippen LogP contribution < -0.4 is 16.4 Å². The topological polar surface area (TPSA) is 89.5 Å². The number of aryl methyl sites for hydroxylation is 2. The molecule has 1 fully saturated rings. The van der Waals surface area contributed by atoms with E-state index in [0.29, 0.717) is 30.1 Å². The van der Waals surface area contributed by atoms with Gasteiger partial charge in [0.05, 0.1) is 5.56 Å². The van der Waals surface area contributed by atoms with Crippen molar-refractivity contribution in [3.8, 4) is 0 Å². The molecule has 6 heteroatoms. The number of hydrogen-bond donors (Lipinski definition) is 3. The normalized spacial score (nSPS) is 23.9. The summed E-state index contributed by atoms with van der Waals surface area (Å²) in [6.45, 7) is 6.89. The van der Waals surface area contributed by atoms with E-state index in [-0.39, 0.29) is 12.1 Å². The number of morpholine rings is 1. The van der Waals surface area contributed by atoms with Crippen molar-refractivity contribution in [1.29, 1.82) is 0 Å². The molecule has 2 unspecified atom stereocenters. The molecule has 3 rings (SSSR count). The summed E-state index contributed by atoms with van der Waals surface area (Å²) in [5.41, 5.74) is 7.58. The molecule has 0 aliphatic carbocycles. The highest BCUT2D eigenvalue weighted by Crippen LogP contribution is 2.29. The number of anilines is 1. The van der Waals surface area contributed by atoms with E-state index in [1.165, 1.54) is 0 Å². The van der Waals surface area contributed by atoms with Crippen molar-refractivity contribution in [2.45, 2.75) is 32.6 Å². The van der Waals surface area contributed by atoms with E-state index < -0.39 is 5.60 Å². The van der Waals surface area contributed by atoms with Crippen LogP contribution in [0.25, 0.3) is 0 Å². The first-order valence-electron chi connectivity index (χ1n) is 8.00. The predicted octanol–water partition coefficient (Wildman–Crippen LogP) is 2.27. The highest BCUT2D eigenvalue weighted by Gasteiger charge is 2.33. The lowest BCUT2D eigenvalue weighted by atomic mass is 9.94. The largest absolute Gasteiger partial charge is 0.466 e. The molecule has 1 amide bonds. The summed E-state index contributed by atoms with van der Waals surface area (Å²) >= 11 is 0. The summed E-state index contributed by atoms with van der Waals surface area (Å²) in [4.78, 5) is 12.4. The van der Waals surface area contributed by atoms with E-state index in [4.69, 9.17) is 14.9 Å². The van der Waals surface area contributed by atoms with Gasteiger partial charge in [0.25, 0.3) is 5.91 Å². The number of nitrogens with two attached hydrogens (primary N) is 1. The fourth-order valence-electron chi connectivity index (χ4n) is 3.02. The lowest BCUT2D eigenvalue weighted by molar-refractivity contribution is -0.107. The van der Waals surface area contributed by atoms with Crippen LogP contribution in [0.3, 0.4) is 0 Å². The van der Waals surface area contributed by atoms with Crippen LogP contribution in [0.1, 0.15) is 34.4 Å². The van der Waals surface area contributed by atoms with Gasteiger partial charge in [0, 0.05) is 18.8 Å². The zero-order chi connectivity index (χ0) is 17.3. The Kier molecular flexibility index (Phi) is 4.45. The van der Waals surface area contributed by atoms with Crippen molar-refractivity contribution in [3.05, 3.63) is 53.0 Å². The molecule has 6 nitrogen and oxygen atoms in total. The van der Waals surface area contributed by atoms with Crippen molar-refractivity contribution in [2.75, 3.05) is 18.4 Å². The van der Waals surface area contributed by atoms with E-state index in [1.807, 2.05) is 38.1 Å². The van der Waals surface area contributed by atoms with Crippen molar-refractivity contribution in [1.82, 2.24) is 5.32 Å². The molecule has 4 N–H and O–H groups in total. The third-order valence-corrected chi connectivity index (χ3v) is 4.24. The standard InChI is InChI=1S/C18H23N3O3/c1-11-7-15(12(2)23-11)17(22)21-14-6-4-5-13(8-14)18(3)10-20-9-16(19)24-18/h4-8,16,20H,9-10,19H2,1-3H3,(H,21,22). The Balaban J connectivity index is 1.80. The van der Waals surface area contributed by atoms with E-state index in [2.05, 4.69) is 10.6 Å². The number of carbonyl (C=O) groups excluding carboxylic acids is 1. The Morgan fingerprint density at radius 2 is 2.17 bits per heavy atom. The number of ether oxygens (including phenoxy) is 1. The van der Waals surface area contributed by atoms with Crippen molar-refractivity contribution in [3.63, 3.8) is 0 Å². The van der Waals surface area contributed by atoms with Gasteiger partial charge in [-0.1, -0.05) is 12.1 Å². The molecule has 128 valence electrons. The first-order chi connectivity index (χ1) is 11.4. The molecule has 1 aliphatic heterocycles. The van der Waals surface area contributed by atoms with Crippen LogP contribution in [0.5, 0.6) is 0 Å². The van der Waals surface area contributed by atoms with E-state index >= 15 is 0 Å². The van der Waals surface area contributed by atoms with Gasteiger partial charge in [-0.3, -0.25) is 4.79 Å². The summed E-state index contributed by atoms with van der Waals surface area (Å²) in [5.74, 6) is 1.14. The van der Waals surface area contributed by atoms with Crippen molar-refractivity contribution >= 4 is 11.6 Å². The fraction of sp³-hybridized carbons (Fsp3) is 0.389. The molecule has 0 saturated carbocycles. The zero-order valence-electron chi connectivity index (χ0n) is 14.2. The summed E-state index contributed by atoms with van der Waals surface area (Å²) in [6, 6.07) is 9.38. The van der Waals surface area contributed by atoms with Crippen molar-refractivity contribution < 1.29 is 13.9 Å². The second kappa shape index (κ2) is 6.39. The van der Waals surface area contributed by atoms with E-state index in [0.717, 1.165) is 11.3 Å². The van der Waals surface area contributed by atoms with Gasteiger partial charge in [-0.15, -0.1) is 0 Å². The lowest BCUT2D eigenvalue weighted by Gasteiger charge is -2.38. The Labute approximate surface area is 141 Å². The van der Waals surface area contributed by atoms with Gasteiger partial charge in [-0.05, 0) is 44.5 Å². The molecule has 24 heavy (non-hydrogen) atoms. The monoisotopic (exact) mass is 329 g/mol. The molecule has 1 aliphatic rings. The van der Waals surface area contributed by atoms with Crippen LogP contribution in [0.4, 0.5) is 5.69 Å². The van der Waals surface area contributed by atoms with Gasteiger partial charge in [-0.25, -0.2) is 0 Å². The van der Waals surface area contributed by atoms with Gasteiger partial charge >= 0.3 is 0 Å². The molecule has 0 bridgehead atoms. The quantitative estimate of drug-likeness (QED) is 0.804. The first kappa shape index (κ1) is 16.7. The molecule has 1 aromatic heterocycles. The van der Waals surface area contributed by atoms with Crippen LogP contribution in [0.2, 0.25) is 0 Å². The predicted molar refractivity (Wildman–Crippen MR) is 91.9 cm³/mol. The molecule has 0 radical (unpaired) electrons. The molecular weight excluding hydrogens is 306 g/mol. The SMILES string of the molecule is Cc1cc(C(=O)Nc2cccc(C3(C)CNCC(N)O3)c2)c(C)o1. The number of amides is 1. The Hall–Kier alpha value is -2.15. The zero-order valence-corrected chi connectivity index (χ0v) is 14.2. The molecular formula is C18H23N3O3. The summed E-state index contributed by atoms with van der Waals surface area (Å²) in [6.07, 6.45) is -0.349. The second-order valence-corrected chi connectivity index (χ2v) is 6.38. The summed E-state index contributed by atoms with van der Waals surface area (Å²) in [5, 5.41) is 6.18. The first-order valence-corrected chi connectivity index (χ1v) is 8.00. The summed E-state index contributed by atoms with van der Waals surface area (Å²) in [7, 11) is 0. The van der Waals surface area contributed by atoms with Crippen LogP contribution in [0.15, 0.2) is 34.7 Å². The Morgan fingerprint density at radius 1 is 1.38 bits per heavy atom. The van der Waals surface area contributed by atoms with E-state index in [1.54, 1.807) is 13.0 Å². The fourth-order valence-corrected chi connectivity index (χ4v) is 3.02. The molecule has 1 aromatic carbocycles. The molecule has 2 atom stereocenters. The van der Waals surface area contributed by atoms with Gasteiger partial charge in [-0.2, -0.15) is 0 Å². The van der Waals surface area contributed by atoms with Crippen LogP contribution in [0, 0.1) is 13.8 Å². The number of carbonyl (C=O) groups is 1. The second-order valence-electron chi connectivity index (χ2n) is 6.38. The van der Waals surface area contributed by atoms with Gasteiger partial charge < -0.3 is 25.5 Å². The minimum atomic E-state index is -0.527. The number of rotatable bonds is 3. The smallest absolute Gasteiger partial charge is 0.259 e. The van der Waals surface area contributed by atoms with Crippen LogP contribution >= 0.6 is 0 Å². The van der Waals surface area contributed by atoms with Crippen LogP contribution in [-0.4, -0.2) is 25.2 Å². The average Bonchev–Trinajstić information content (AvgIpc) is 2.86. The Morgan fingerprint density at radius 3 is 2.83 bits per heavy atom. The van der Waals surface area contributed by atoms with Gasteiger partial charge in [0.2, 0.25) is 0 Å². The Bertz CT molecular complexity index is 756. The number of nitrogens with one attached hydrogen (secondary N) is 2. The average molecular weight is 329 g/mol. The molecule has 0 spiro atoms. The van der Waals surface area contributed by atoms with E-state index in [9.17, 15) is 4.79 Å². The third-order valence-electron chi connectivity index (χ3n) is 4.24. The van der Waals surface area contributed by atoms with Crippen molar-refractivity contribution in [2.24, 2.45) is 5.73 Å². The number of furan rings is 1. The highest BCUT2D eigenvalue weighted by molar-refractivity contribution is 6.05. The molecule has 2 heterocycles. The summed E-state index contributed by atoms with van der Waals surface area (Å²) < 4.78 is 11.3.